The van der Waals surface area contributed by atoms with Crippen molar-refractivity contribution in [2.24, 2.45) is 35.5 Å². The maximum absolute atomic E-state index is 12.4. The number of halogens is 3. The smallest absolute Gasteiger partial charge is 0.410 e. The standard InChI is InChI=1S/C19H27N5O3.C15H23N5O2.C10H10ClNO.C6H12N2.C5H10O2.C4H4ClN3.C4H5ClO/c1-19(2,3)27-18(26)23-10-13-6-7-24(14(13)11-23)16-9-20-8-15(21-16)22-17(25)12-4-5-12;1-15(2,3)22-14(21)19-8-10-4-5-20(11(10)9-19)13-7-17-6-12(16)18-13;11-8-2-1-3-9(6-8)12-10(13)7-4-5-7;1-2-8-6-4-7-3-5(1)6;1-5(2,3)7-4-6;5-3-1-7-2-4(6)8-3;5-4(6)3-1-2-3/h8-9,12-14H,4-7,10-11H2,1-3H3,(H,21,22,25);6-7,10-11H,4-5,8-9H2,1-3H3,(H2,16,18);1-3,6-7H,4-5H2,(H,12,13);5-8H,1-4H2;4H,1-3H3;1-2H,(H2,6,8);3H,1-2H2. The van der Waals surface area contributed by atoms with E-state index in [4.69, 9.17) is 55.7 Å². The summed E-state index contributed by atoms with van der Waals surface area (Å²) in [5.41, 5.74) is 10.4. The zero-order valence-corrected chi connectivity index (χ0v) is 56.0. The number of hydrogen-bond donors (Lipinski definition) is 6. The lowest BCUT2D eigenvalue weighted by molar-refractivity contribution is -0.138. The lowest BCUT2D eigenvalue weighted by atomic mass is 10.1. The molecule has 25 nitrogen and oxygen atoms in total. The van der Waals surface area contributed by atoms with Crippen molar-refractivity contribution in [3.8, 4) is 0 Å². The van der Waals surface area contributed by atoms with Crippen molar-refractivity contribution in [3.05, 3.63) is 71.6 Å². The maximum atomic E-state index is 12.4. The minimum absolute atomic E-state index is 0.0257. The van der Waals surface area contributed by atoms with Crippen LogP contribution in [-0.2, 0) is 33.4 Å². The largest absolute Gasteiger partial charge is 0.462 e. The number of benzene rings is 1. The van der Waals surface area contributed by atoms with Gasteiger partial charge >= 0.3 is 12.2 Å². The number of nitrogens with zero attached hydrogens (tertiary/aromatic N) is 10. The summed E-state index contributed by atoms with van der Waals surface area (Å²) in [6, 6.07) is 8.49. The van der Waals surface area contributed by atoms with Crippen LogP contribution in [0.1, 0.15) is 120 Å². The molecule has 0 spiro atoms. The molecule has 6 aliphatic heterocycles. The maximum Gasteiger partial charge on any atom is 0.410 e. The van der Waals surface area contributed by atoms with Gasteiger partial charge in [-0.25, -0.2) is 24.5 Å². The number of nitrogens with two attached hydrogens (primary N) is 2. The Morgan fingerprint density at radius 3 is 1.55 bits per heavy atom. The lowest BCUT2D eigenvalue weighted by Gasteiger charge is -2.27. The number of anilines is 6. The Hall–Kier alpha value is -6.93. The van der Waals surface area contributed by atoms with Crippen LogP contribution in [0.5, 0.6) is 0 Å². The van der Waals surface area contributed by atoms with Crippen molar-refractivity contribution in [1.29, 1.82) is 0 Å². The van der Waals surface area contributed by atoms with Crippen LogP contribution in [0.4, 0.5) is 44.4 Å². The predicted octanol–water partition coefficient (Wildman–Crippen LogP) is 8.86. The van der Waals surface area contributed by atoms with Gasteiger partial charge in [0, 0.05) is 92.2 Å². The highest BCUT2D eigenvalue weighted by Gasteiger charge is 2.46. The van der Waals surface area contributed by atoms with E-state index in [-0.39, 0.29) is 64.7 Å². The molecule has 6 unspecified atom stereocenters. The first-order valence-electron chi connectivity index (χ1n) is 31.2. The van der Waals surface area contributed by atoms with Gasteiger partial charge in [0.15, 0.2) is 5.82 Å². The number of carbonyl (C=O) groups excluding carboxylic acids is 6. The summed E-state index contributed by atoms with van der Waals surface area (Å²) in [5.74, 6) is 5.35. The predicted molar refractivity (Wildman–Crippen MR) is 351 cm³/mol. The minimum Gasteiger partial charge on any atom is -0.462 e. The number of nitrogen functional groups attached to an aromatic ring is 2. The van der Waals surface area contributed by atoms with Crippen molar-refractivity contribution in [2.45, 2.75) is 155 Å². The van der Waals surface area contributed by atoms with E-state index in [2.05, 4.69) is 65.7 Å². The van der Waals surface area contributed by atoms with Gasteiger partial charge in [-0.3, -0.25) is 34.1 Å². The number of ether oxygens (including phenoxy) is 3. The lowest BCUT2D eigenvalue weighted by Crippen LogP contribution is -2.39. The van der Waals surface area contributed by atoms with Gasteiger partial charge in [0.1, 0.15) is 45.2 Å². The zero-order chi connectivity index (χ0) is 66.2. The van der Waals surface area contributed by atoms with Gasteiger partial charge in [0.05, 0.1) is 49.3 Å². The van der Waals surface area contributed by atoms with Gasteiger partial charge in [0.25, 0.3) is 6.47 Å². The summed E-state index contributed by atoms with van der Waals surface area (Å²) >= 11 is 16.2. The van der Waals surface area contributed by atoms with Crippen LogP contribution in [0.15, 0.2) is 61.4 Å². The molecule has 28 heteroatoms. The second-order valence-electron chi connectivity index (χ2n) is 26.9. The minimum atomic E-state index is -0.492. The highest BCUT2D eigenvalue weighted by atomic mass is 35.5. The number of amides is 4. The summed E-state index contributed by atoms with van der Waals surface area (Å²) in [6.07, 6.45) is 18.4. The van der Waals surface area contributed by atoms with E-state index in [1.807, 2.05) is 74.4 Å². The SMILES string of the molecule is C1CC2CNCC2N1.CC(C)(C)OC(=O)N1CC2CCN(c3cncc(N)n3)C2C1.CC(C)(C)OC(=O)N1CC2CCN(c3cncc(NC(=O)C4CC4)n3)C2C1.CC(C)(C)OC=O.Nc1cncc(Cl)n1.O=C(Cl)C1CC1.O=C(Nc1cccc(Cl)c1)C1CC1. The van der Waals surface area contributed by atoms with Crippen LogP contribution in [0.25, 0.3) is 0 Å². The first-order valence-corrected chi connectivity index (χ1v) is 32.4. The molecule has 3 saturated carbocycles. The molecule has 1 aromatic carbocycles. The van der Waals surface area contributed by atoms with Crippen LogP contribution in [0.3, 0.4) is 0 Å². The number of aromatic nitrogens is 6. The third kappa shape index (κ3) is 24.2. The average molecular weight is 1320 g/mol. The molecular weight excluding hydrogens is 1230 g/mol. The molecule has 4 amide bonds. The van der Waals surface area contributed by atoms with Crippen molar-refractivity contribution < 1.29 is 43.0 Å². The fraction of sp³-hybridized carbons (Fsp3) is 0.619. The topological polar surface area (TPSA) is 321 Å². The molecule has 13 rings (SSSR count). The van der Waals surface area contributed by atoms with Crippen molar-refractivity contribution in [3.63, 3.8) is 0 Å². The first kappa shape index (κ1) is 71.5. The number of nitrogens with one attached hydrogen (secondary N) is 4. The van der Waals surface area contributed by atoms with Crippen LogP contribution in [0.2, 0.25) is 10.2 Å². The Labute approximate surface area is 548 Å². The summed E-state index contributed by atoms with van der Waals surface area (Å²) in [4.78, 5) is 100. The van der Waals surface area contributed by atoms with Crippen molar-refractivity contribution in [2.75, 3.05) is 90.8 Å². The van der Waals surface area contributed by atoms with E-state index in [0.29, 0.717) is 65.6 Å². The average Bonchev–Trinajstić information content (AvgIpc) is 1.74. The molecule has 91 heavy (non-hydrogen) atoms. The summed E-state index contributed by atoms with van der Waals surface area (Å²) in [6.45, 7) is 25.5. The van der Waals surface area contributed by atoms with Gasteiger partial charge in [-0.2, -0.15) is 0 Å². The molecule has 9 aliphatic rings. The van der Waals surface area contributed by atoms with E-state index in [1.54, 1.807) is 46.7 Å². The van der Waals surface area contributed by atoms with Gasteiger partial charge in [-0.1, -0.05) is 29.3 Å². The third-order valence-corrected chi connectivity index (χ3v) is 16.4. The second-order valence-corrected chi connectivity index (χ2v) is 28.1. The molecule has 498 valence electrons. The number of fused-ring (bicyclic) bond motifs is 3. The van der Waals surface area contributed by atoms with E-state index in [0.717, 1.165) is 100 Å². The fourth-order valence-corrected chi connectivity index (χ4v) is 11.3. The van der Waals surface area contributed by atoms with Crippen LogP contribution in [-0.4, -0.2) is 169 Å². The van der Waals surface area contributed by atoms with E-state index in [9.17, 15) is 28.8 Å². The summed E-state index contributed by atoms with van der Waals surface area (Å²) < 4.78 is 15.5. The molecule has 0 radical (unpaired) electrons. The van der Waals surface area contributed by atoms with Crippen molar-refractivity contribution in [1.82, 2.24) is 50.3 Å². The van der Waals surface area contributed by atoms with Crippen LogP contribution in [0, 0.1) is 35.5 Å². The van der Waals surface area contributed by atoms with E-state index < -0.39 is 11.2 Å². The summed E-state index contributed by atoms with van der Waals surface area (Å²) in [7, 11) is 0. The number of carbonyl (C=O) groups is 6. The first-order chi connectivity index (χ1) is 43.0. The Morgan fingerprint density at radius 1 is 0.604 bits per heavy atom. The van der Waals surface area contributed by atoms with Crippen molar-refractivity contribution >= 4 is 105 Å². The fourth-order valence-electron chi connectivity index (χ4n) is 10.8. The number of rotatable bonds is 8. The van der Waals surface area contributed by atoms with Gasteiger partial charge in [-0.05, 0) is 169 Å². The van der Waals surface area contributed by atoms with Gasteiger partial charge in [-0.15, -0.1) is 0 Å². The van der Waals surface area contributed by atoms with Gasteiger partial charge < -0.3 is 66.5 Å². The molecule has 6 atom stereocenters. The molecule has 3 aliphatic carbocycles. The Bertz CT molecular complexity index is 3050. The highest BCUT2D eigenvalue weighted by Crippen LogP contribution is 2.38. The molecule has 8 N–H and O–H groups in total. The van der Waals surface area contributed by atoms with Crippen LogP contribution < -0.4 is 42.5 Å². The Balaban J connectivity index is 0.000000163. The number of likely N-dealkylation sites (tertiary alicyclic amines) is 2. The second kappa shape index (κ2) is 32.6. The Kier molecular flexibility index (Phi) is 25.6. The highest BCUT2D eigenvalue weighted by molar-refractivity contribution is 6.64. The molecule has 9 heterocycles. The monoisotopic (exact) mass is 1320 g/mol. The third-order valence-electron chi connectivity index (χ3n) is 15.7. The van der Waals surface area contributed by atoms with Gasteiger partial charge in [0.2, 0.25) is 17.1 Å². The molecule has 4 aromatic rings. The molecule has 9 fully saturated rings. The number of hydrogen-bond acceptors (Lipinski definition) is 21. The molecule has 0 bridgehead atoms. The normalized spacial score (nSPS) is 22.4. The quantitative estimate of drug-likeness (QED) is 0.0545. The van der Waals surface area contributed by atoms with E-state index in [1.165, 1.54) is 38.4 Å². The summed E-state index contributed by atoms with van der Waals surface area (Å²) in [5, 5.41) is 13.3. The molecule has 3 aromatic heterocycles. The zero-order valence-electron chi connectivity index (χ0n) is 53.7. The Morgan fingerprint density at radius 2 is 1.12 bits per heavy atom. The molecular formula is C63H91Cl3N16O9. The molecule has 6 saturated heterocycles. The van der Waals surface area contributed by atoms with E-state index >= 15 is 0 Å². The van der Waals surface area contributed by atoms with Crippen LogP contribution >= 0.6 is 34.8 Å².